The smallest absolute Gasteiger partial charge is 0.138 e. The second-order valence-corrected chi connectivity index (χ2v) is 6.19. The van der Waals surface area contributed by atoms with Crippen LogP contribution < -0.4 is 5.32 Å². The van der Waals surface area contributed by atoms with E-state index in [2.05, 4.69) is 40.4 Å². The Hall–Kier alpha value is -1.65. The number of hydrogen-bond acceptors (Lipinski definition) is 4. The average Bonchev–Trinajstić information content (AvgIpc) is 2.97. The summed E-state index contributed by atoms with van der Waals surface area (Å²) in [6.45, 7) is 2.15. The van der Waals surface area contributed by atoms with E-state index in [1.807, 2.05) is 18.2 Å². The van der Waals surface area contributed by atoms with Gasteiger partial charge >= 0.3 is 0 Å². The van der Waals surface area contributed by atoms with E-state index in [1.54, 1.807) is 17.7 Å². The van der Waals surface area contributed by atoms with E-state index >= 15 is 0 Å². The zero-order valence-electron chi connectivity index (χ0n) is 11.7. The fourth-order valence-electron chi connectivity index (χ4n) is 2.26. The number of aryl methyl sites for hydroxylation is 1. The second-order valence-electron chi connectivity index (χ2n) is 4.77. The van der Waals surface area contributed by atoms with E-state index in [9.17, 15) is 0 Å². The molecule has 3 rings (SSSR count). The monoisotopic (exact) mass is 317 g/mol. The van der Waals surface area contributed by atoms with Crippen molar-refractivity contribution in [2.75, 3.05) is 11.2 Å². The van der Waals surface area contributed by atoms with Gasteiger partial charge in [-0.3, -0.25) is 0 Å². The number of anilines is 1. The molecule has 0 saturated carbocycles. The molecule has 0 aliphatic heterocycles. The number of hydrogen-bond donors (Lipinski definition) is 1. The first-order valence-electron chi connectivity index (χ1n) is 6.92. The standard InChI is InChI=1S/C16H16ClN3S/c1-2-12-8-13-15(18-10-19-16(13)21-12)20-14(9-17)11-6-4-3-5-7-11/h3-8,10,14H,2,9H2,1H3,(H,18,19,20). The lowest BCUT2D eigenvalue weighted by Crippen LogP contribution is -2.13. The molecule has 0 aliphatic carbocycles. The molecule has 2 heterocycles. The molecule has 0 fully saturated rings. The van der Waals surface area contributed by atoms with Crippen LogP contribution in [0.3, 0.4) is 0 Å². The number of halogens is 1. The normalized spacial score (nSPS) is 12.5. The molecule has 1 atom stereocenters. The van der Waals surface area contributed by atoms with Gasteiger partial charge in [0.1, 0.15) is 17.0 Å². The molecule has 2 aromatic heterocycles. The minimum absolute atomic E-state index is 0.0379. The molecule has 21 heavy (non-hydrogen) atoms. The van der Waals surface area contributed by atoms with Crippen molar-refractivity contribution in [2.24, 2.45) is 0 Å². The summed E-state index contributed by atoms with van der Waals surface area (Å²) in [6, 6.07) is 12.4. The molecule has 108 valence electrons. The van der Waals surface area contributed by atoms with Gasteiger partial charge in [-0.05, 0) is 18.1 Å². The molecule has 5 heteroatoms. The minimum Gasteiger partial charge on any atom is -0.361 e. The number of aromatic nitrogens is 2. The van der Waals surface area contributed by atoms with Crippen molar-refractivity contribution in [3.05, 3.63) is 53.2 Å². The summed E-state index contributed by atoms with van der Waals surface area (Å²) in [4.78, 5) is 11.1. The van der Waals surface area contributed by atoms with Crippen molar-refractivity contribution in [1.29, 1.82) is 0 Å². The van der Waals surface area contributed by atoms with Crippen LogP contribution >= 0.6 is 22.9 Å². The summed E-state index contributed by atoms with van der Waals surface area (Å²) < 4.78 is 0. The van der Waals surface area contributed by atoms with Gasteiger partial charge in [-0.1, -0.05) is 37.3 Å². The van der Waals surface area contributed by atoms with Gasteiger partial charge in [0.25, 0.3) is 0 Å². The van der Waals surface area contributed by atoms with Gasteiger partial charge in [0.15, 0.2) is 0 Å². The molecular formula is C16H16ClN3S. The Morgan fingerprint density at radius 1 is 1.24 bits per heavy atom. The van der Waals surface area contributed by atoms with Gasteiger partial charge in [-0.25, -0.2) is 9.97 Å². The highest BCUT2D eigenvalue weighted by atomic mass is 35.5. The van der Waals surface area contributed by atoms with Gasteiger partial charge in [-0.2, -0.15) is 0 Å². The Morgan fingerprint density at radius 3 is 2.76 bits per heavy atom. The van der Waals surface area contributed by atoms with Crippen LogP contribution in [0.15, 0.2) is 42.7 Å². The van der Waals surface area contributed by atoms with Crippen LogP contribution in [0, 0.1) is 0 Å². The number of fused-ring (bicyclic) bond motifs is 1. The molecule has 0 amide bonds. The largest absolute Gasteiger partial charge is 0.361 e. The third-order valence-electron chi connectivity index (χ3n) is 3.40. The molecule has 1 aromatic carbocycles. The molecule has 1 N–H and O–H groups in total. The number of rotatable bonds is 5. The maximum absolute atomic E-state index is 6.13. The van der Waals surface area contributed by atoms with Crippen LogP contribution in [0.4, 0.5) is 5.82 Å². The molecular weight excluding hydrogens is 302 g/mol. The highest BCUT2D eigenvalue weighted by Crippen LogP contribution is 2.30. The predicted molar refractivity (Wildman–Crippen MR) is 90.3 cm³/mol. The fraction of sp³-hybridized carbons (Fsp3) is 0.250. The van der Waals surface area contributed by atoms with Gasteiger partial charge in [0.05, 0.1) is 11.4 Å². The van der Waals surface area contributed by atoms with E-state index in [1.165, 1.54) is 4.88 Å². The Balaban J connectivity index is 1.95. The van der Waals surface area contributed by atoms with Crippen molar-refractivity contribution in [3.63, 3.8) is 0 Å². The molecule has 0 aliphatic rings. The van der Waals surface area contributed by atoms with Crippen molar-refractivity contribution in [1.82, 2.24) is 9.97 Å². The topological polar surface area (TPSA) is 37.8 Å². The molecule has 0 spiro atoms. The lowest BCUT2D eigenvalue weighted by atomic mass is 10.1. The minimum atomic E-state index is 0.0379. The molecule has 1 unspecified atom stereocenters. The SMILES string of the molecule is CCc1cc2c(NC(CCl)c3ccccc3)ncnc2s1. The second kappa shape index (κ2) is 6.41. The molecule has 0 radical (unpaired) electrons. The molecule has 3 nitrogen and oxygen atoms in total. The average molecular weight is 318 g/mol. The zero-order chi connectivity index (χ0) is 14.7. The lowest BCUT2D eigenvalue weighted by Gasteiger charge is -2.17. The molecule has 3 aromatic rings. The summed E-state index contributed by atoms with van der Waals surface area (Å²) in [7, 11) is 0. The van der Waals surface area contributed by atoms with Crippen LogP contribution in [0.2, 0.25) is 0 Å². The summed E-state index contributed by atoms with van der Waals surface area (Å²) >= 11 is 7.85. The number of nitrogens with zero attached hydrogens (tertiary/aromatic N) is 2. The van der Waals surface area contributed by atoms with Gasteiger partial charge < -0.3 is 5.32 Å². The van der Waals surface area contributed by atoms with Gasteiger partial charge in [-0.15, -0.1) is 22.9 Å². The summed E-state index contributed by atoms with van der Waals surface area (Å²) in [5.41, 5.74) is 1.16. The van der Waals surface area contributed by atoms with Gasteiger partial charge in [0.2, 0.25) is 0 Å². The first-order valence-corrected chi connectivity index (χ1v) is 8.27. The van der Waals surface area contributed by atoms with E-state index in [0.717, 1.165) is 28.0 Å². The van der Waals surface area contributed by atoms with E-state index in [-0.39, 0.29) is 6.04 Å². The van der Waals surface area contributed by atoms with E-state index in [0.29, 0.717) is 5.88 Å². The Kier molecular flexibility index (Phi) is 4.36. The number of thiophene rings is 1. The third kappa shape index (κ3) is 3.01. The van der Waals surface area contributed by atoms with Crippen molar-refractivity contribution < 1.29 is 0 Å². The van der Waals surface area contributed by atoms with Crippen molar-refractivity contribution in [2.45, 2.75) is 19.4 Å². The summed E-state index contributed by atoms with van der Waals surface area (Å²) in [5, 5.41) is 4.52. The highest BCUT2D eigenvalue weighted by molar-refractivity contribution is 7.18. The first kappa shape index (κ1) is 14.3. The van der Waals surface area contributed by atoms with E-state index in [4.69, 9.17) is 11.6 Å². The Labute approximate surface area is 133 Å². The van der Waals surface area contributed by atoms with Crippen LogP contribution in [0.1, 0.15) is 23.4 Å². The van der Waals surface area contributed by atoms with Crippen LogP contribution in [-0.2, 0) is 6.42 Å². The van der Waals surface area contributed by atoms with E-state index < -0.39 is 0 Å². The zero-order valence-corrected chi connectivity index (χ0v) is 13.3. The Morgan fingerprint density at radius 2 is 2.05 bits per heavy atom. The van der Waals surface area contributed by atoms with Crippen molar-refractivity contribution in [3.8, 4) is 0 Å². The first-order chi connectivity index (χ1) is 10.3. The van der Waals surface area contributed by atoms with Crippen LogP contribution in [-0.4, -0.2) is 15.8 Å². The lowest BCUT2D eigenvalue weighted by molar-refractivity contribution is 0.884. The summed E-state index contributed by atoms with van der Waals surface area (Å²) in [6.07, 6.45) is 2.62. The van der Waals surface area contributed by atoms with Crippen molar-refractivity contribution >= 4 is 39.0 Å². The fourth-order valence-corrected chi connectivity index (χ4v) is 3.45. The summed E-state index contributed by atoms with van der Waals surface area (Å²) in [5.74, 6) is 1.34. The van der Waals surface area contributed by atoms with Crippen LogP contribution in [0.5, 0.6) is 0 Å². The highest BCUT2D eigenvalue weighted by Gasteiger charge is 2.14. The predicted octanol–water partition coefficient (Wildman–Crippen LogP) is 4.65. The quantitative estimate of drug-likeness (QED) is 0.696. The maximum Gasteiger partial charge on any atom is 0.138 e. The third-order valence-corrected chi connectivity index (χ3v) is 4.89. The maximum atomic E-state index is 6.13. The van der Waals surface area contributed by atoms with Crippen LogP contribution in [0.25, 0.3) is 10.2 Å². The number of benzene rings is 1. The molecule has 0 bridgehead atoms. The number of alkyl halides is 1. The van der Waals surface area contributed by atoms with Gasteiger partial charge in [0, 0.05) is 10.8 Å². The Bertz CT molecular complexity index is 727. The molecule has 0 saturated heterocycles. The number of nitrogens with one attached hydrogen (secondary N) is 1.